The predicted octanol–water partition coefficient (Wildman–Crippen LogP) is -0.215. The number of ether oxygens (including phenoxy) is 4. The summed E-state index contributed by atoms with van der Waals surface area (Å²) in [4.78, 5) is 34.4. The fourth-order valence-electron chi connectivity index (χ4n) is 2.50. The van der Waals surface area contributed by atoms with Crippen molar-refractivity contribution in [3.05, 3.63) is 35.9 Å². The van der Waals surface area contributed by atoms with E-state index in [1.807, 2.05) is 0 Å². The van der Waals surface area contributed by atoms with Gasteiger partial charge >= 0.3 is 17.9 Å². The Labute approximate surface area is 149 Å². The lowest BCUT2D eigenvalue weighted by Gasteiger charge is -2.41. The second-order valence-electron chi connectivity index (χ2n) is 5.67. The van der Waals surface area contributed by atoms with E-state index in [0.29, 0.717) is 5.56 Å². The zero-order chi connectivity index (χ0) is 19.3. The lowest BCUT2D eigenvalue weighted by molar-refractivity contribution is -0.292. The molecular formula is C17H20O9. The van der Waals surface area contributed by atoms with Crippen molar-refractivity contribution in [1.82, 2.24) is 0 Å². The number of hydrogen-bond acceptors (Lipinski definition) is 9. The summed E-state index contributed by atoms with van der Waals surface area (Å²) in [5.41, 5.74) is 0.299. The number of aliphatic hydroxyl groups excluding tert-OH is 2. The highest BCUT2D eigenvalue weighted by molar-refractivity contribution is 5.89. The smallest absolute Gasteiger partial charge is 0.338 e. The highest BCUT2D eigenvalue weighted by Crippen LogP contribution is 2.25. The van der Waals surface area contributed by atoms with Gasteiger partial charge in [0, 0.05) is 13.8 Å². The Balaban J connectivity index is 2.06. The van der Waals surface area contributed by atoms with Crippen LogP contribution in [0.15, 0.2) is 30.3 Å². The number of rotatable bonds is 5. The van der Waals surface area contributed by atoms with Gasteiger partial charge in [-0.2, -0.15) is 0 Å². The van der Waals surface area contributed by atoms with Gasteiger partial charge < -0.3 is 29.2 Å². The molecular weight excluding hydrogens is 348 g/mol. The second-order valence-corrected chi connectivity index (χ2v) is 5.67. The molecule has 0 saturated carbocycles. The maximum atomic E-state index is 12.0. The van der Waals surface area contributed by atoms with E-state index in [0.717, 1.165) is 13.8 Å². The number of benzene rings is 1. The lowest BCUT2D eigenvalue weighted by atomic mass is 9.98. The molecule has 0 aromatic heterocycles. The monoisotopic (exact) mass is 368 g/mol. The standard InChI is InChI=1S/C17H20O9/c1-9(18)24-14-13(20)12(26-17(22)15(14)25-10(2)19)8-23-16(21)11-6-4-3-5-7-11/h3-7,12-15,17,20,22H,8H2,1-2H3/t12-,13-,14+,15-,17+/m1/s1. The van der Waals surface area contributed by atoms with Gasteiger partial charge in [-0.15, -0.1) is 0 Å². The summed E-state index contributed by atoms with van der Waals surface area (Å²) >= 11 is 0. The fraction of sp³-hybridized carbons (Fsp3) is 0.471. The molecule has 142 valence electrons. The van der Waals surface area contributed by atoms with Gasteiger partial charge in [-0.1, -0.05) is 18.2 Å². The molecule has 0 unspecified atom stereocenters. The second kappa shape index (κ2) is 8.75. The molecule has 1 aromatic carbocycles. The molecule has 0 amide bonds. The third-order valence-electron chi connectivity index (χ3n) is 3.63. The molecule has 9 heteroatoms. The first-order valence-corrected chi connectivity index (χ1v) is 7.87. The first-order valence-electron chi connectivity index (χ1n) is 7.87. The molecule has 26 heavy (non-hydrogen) atoms. The van der Waals surface area contributed by atoms with Crippen LogP contribution < -0.4 is 0 Å². The van der Waals surface area contributed by atoms with E-state index in [9.17, 15) is 24.6 Å². The predicted molar refractivity (Wildman–Crippen MR) is 84.7 cm³/mol. The Kier molecular flexibility index (Phi) is 6.67. The third kappa shape index (κ3) is 5.01. The summed E-state index contributed by atoms with van der Waals surface area (Å²) in [6.07, 6.45) is -7.14. The molecule has 1 aliphatic heterocycles. The van der Waals surface area contributed by atoms with E-state index in [2.05, 4.69) is 0 Å². The summed E-state index contributed by atoms with van der Waals surface area (Å²) in [5, 5.41) is 20.4. The van der Waals surface area contributed by atoms with Crippen LogP contribution in [0.5, 0.6) is 0 Å². The normalized spacial score (nSPS) is 28.1. The van der Waals surface area contributed by atoms with Gasteiger partial charge in [0.05, 0.1) is 5.56 Å². The Morgan fingerprint density at radius 2 is 1.58 bits per heavy atom. The summed E-state index contributed by atoms with van der Waals surface area (Å²) in [7, 11) is 0. The van der Waals surface area contributed by atoms with E-state index in [-0.39, 0.29) is 0 Å². The molecule has 0 aliphatic carbocycles. The molecule has 0 radical (unpaired) electrons. The maximum Gasteiger partial charge on any atom is 0.338 e. The average molecular weight is 368 g/mol. The molecule has 9 nitrogen and oxygen atoms in total. The van der Waals surface area contributed by atoms with Crippen LogP contribution in [-0.4, -0.2) is 65.4 Å². The lowest BCUT2D eigenvalue weighted by Crippen LogP contribution is -2.61. The summed E-state index contributed by atoms with van der Waals surface area (Å²) in [6, 6.07) is 8.15. The molecule has 0 bridgehead atoms. The van der Waals surface area contributed by atoms with Crippen LogP contribution in [-0.2, 0) is 28.5 Å². The van der Waals surface area contributed by atoms with Crippen LogP contribution in [0.4, 0.5) is 0 Å². The van der Waals surface area contributed by atoms with Crippen molar-refractivity contribution in [2.45, 2.75) is 44.6 Å². The highest BCUT2D eigenvalue weighted by atomic mass is 16.7. The Morgan fingerprint density at radius 1 is 1.00 bits per heavy atom. The maximum absolute atomic E-state index is 12.0. The van der Waals surface area contributed by atoms with Gasteiger partial charge in [-0.3, -0.25) is 9.59 Å². The quantitative estimate of drug-likeness (QED) is 0.535. The van der Waals surface area contributed by atoms with Gasteiger partial charge in [0.1, 0.15) is 18.8 Å². The topological polar surface area (TPSA) is 129 Å². The van der Waals surface area contributed by atoms with Gasteiger partial charge in [0.25, 0.3) is 0 Å². The summed E-state index contributed by atoms with van der Waals surface area (Å²) < 4.78 is 20.1. The Bertz CT molecular complexity index is 645. The molecule has 1 aliphatic rings. The van der Waals surface area contributed by atoms with Crippen LogP contribution in [0, 0.1) is 0 Å². The number of carbonyl (C=O) groups is 3. The minimum absolute atomic E-state index is 0.299. The van der Waals surface area contributed by atoms with Crippen molar-refractivity contribution in [3.8, 4) is 0 Å². The van der Waals surface area contributed by atoms with Gasteiger partial charge in [-0.25, -0.2) is 4.79 Å². The Hall–Kier alpha value is -2.49. The molecule has 5 atom stereocenters. The third-order valence-corrected chi connectivity index (χ3v) is 3.63. The molecule has 2 N–H and O–H groups in total. The van der Waals surface area contributed by atoms with Crippen molar-refractivity contribution in [1.29, 1.82) is 0 Å². The first kappa shape index (κ1) is 19.8. The van der Waals surface area contributed by atoms with Crippen LogP contribution in [0.1, 0.15) is 24.2 Å². The van der Waals surface area contributed by atoms with E-state index in [4.69, 9.17) is 18.9 Å². The fourth-order valence-corrected chi connectivity index (χ4v) is 2.50. The van der Waals surface area contributed by atoms with Gasteiger partial charge in [-0.05, 0) is 12.1 Å². The highest BCUT2D eigenvalue weighted by Gasteiger charge is 2.49. The van der Waals surface area contributed by atoms with E-state index < -0.39 is 55.2 Å². The molecule has 1 saturated heterocycles. The summed E-state index contributed by atoms with van der Waals surface area (Å²) in [5.74, 6) is -2.15. The van der Waals surface area contributed by atoms with E-state index >= 15 is 0 Å². The number of carbonyl (C=O) groups excluding carboxylic acids is 3. The molecule has 1 fully saturated rings. The number of hydrogen-bond donors (Lipinski definition) is 2. The zero-order valence-electron chi connectivity index (χ0n) is 14.2. The average Bonchev–Trinajstić information content (AvgIpc) is 2.59. The largest absolute Gasteiger partial charge is 0.459 e. The summed E-state index contributed by atoms with van der Waals surface area (Å²) in [6.45, 7) is 1.79. The minimum Gasteiger partial charge on any atom is -0.459 e. The van der Waals surface area contributed by atoms with Crippen molar-refractivity contribution in [3.63, 3.8) is 0 Å². The van der Waals surface area contributed by atoms with Crippen molar-refractivity contribution in [2.75, 3.05) is 6.61 Å². The number of aliphatic hydroxyl groups is 2. The zero-order valence-corrected chi connectivity index (χ0v) is 14.2. The van der Waals surface area contributed by atoms with Crippen LogP contribution in [0.25, 0.3) is 0 Å². The van der Waals surface area contributed by atoms with Crippen LogP contribution >= 0.6 is 0 Å². The minimum atomic E-state index is -1.67. The van der Waals surface area contributed by atoms with Crippen molar-refractivity contribution in [2.24, 2.45) is 0 Å². The molecule has 2 rings (SSSR count). The van der Waals surface area contributed by atoms with Gasteiger partial charge in [0.2, 0.25) is 0 Å². The first-order chi connectivity index (χ1) is 12.3. The molecule has 1 heterocycles. The van der Waals surface area contributed by atoms with Crippen molar-refractivity contribution < 1.29 is 43.5 Å². The van der Waals surface area contributed by atoms with Crippen molar-refractivity contribution >= 4 is 17.9 Å². The van der Waals surface area contributed by atoms with Gasteiger partial charge in [0.15, 0.2) is 18.5 Å². The number of esters is 3. The molecule has 0 spiro atoms. The van der Waals surface area contributed by atoms with Crippen LogP contribution in [0.2, 0.25) is 0 Å². The van der Waals surface area contributed by atoms with E-state index in [1.54, 1.807) is 30.3 Å². The van der Waals surface area contributed by atoms with E-state index in [1.165, 1.54) is 0 Å². The SMILES string of the molecule is CC(=O)O[C@@H]1[C@@H](OC(C)=O)[C@H](O)[C@@H](COC(=O)c2ccccc2)O[C@@H]1O. The van der Waals surface area contributed by atoms with Crippen LogP contribution in [0.3, 0.4) is 0 Å². The molecule has 1 aromatic rings. The Morgan fingerprint density at radius 3 is 2.15 bits per heavy atom.